The van der Waals surface area contributed by atoms with E-state index in [1.807, 2.05) is 24.3 Å². The summed E-state index contributed by atoms with van der Waals surface area (Å²) in [6.45, 7) is 0.139. The Balaban J connectivity index is 1.35. The van der Waals surface area contributed by atoms with Gasteiger partial charge in [-0.2, -0.15) is 0 Å². The molecule has 0 aliphatic heterocycles. The standard InChI is InChI=1S/C24H18N4O3S/c25-24-28-23-20(29)13-16(14-21(23)32-24)5-4-12-31-19-8-3-7-18(15-19)27-22(30)10-9-17-6-1-2-11-26-17/h1-3,6-11,13-15,29H,12H2,(H2,25,28)(H,27,30)/b10-9+. The van der Waals surface area contributed by atoms with Gasteiger partial charge in [0.05, 0.1) is 10.4 Å². The van der Waals surface area contributed by atoms with Crippen LogP contribution in [0.5, 0.6) is 11.5 Å². The number of thiazole rings is 1. The summed E-state index contributed by atoms with van der Waals surface area (Å²) in [7, 11) is 0. The van der Waals surface area contributed by atoms with Crippen LogP contribution in [0.2, 0.25) is 0 Å². The van der Waals surface area contributed by atoms with E-state index in [1.54, 1.807) is 42.6 Å². The van der Waals surface area contributed by atoms with Crippen LogP contribution in [0.1, 0.15) is 11.3 Å². The van der Waals surface area contributed by atoms with Gasteiger partial charge in [0.1, 0.15) is 23.6 Å². The molecule has 1 amide bonds. The zero-order chi connectivity index (χ0) is 22.3. The lowest BCUT2D eigenvalue weighted by molar-refractivity contribution is -0.111. The molecule has 0 aliphatic carbocycles. The number of nitrogens with two attached hydrogens (primary N) is 1. The summed E-state index contributed by atoms with van der Waals surface area (Å²) >= 11 is 1.29. The Morgan fingerprint density at radius 1 is 1.22 bits per heavy atom. The third-order valence-electron chi connectivity index (χ3n) is 4.23. The molecule has 0 bridgehead atoms. The highest BCUT2D eigenvalue weighted by atomic mass is 32.1. The Morgan fingerprint density at radius 2 is 2.12 bits per heavy atom. The van der Waals surface area contributed by atoms with E-state index in [0.717, 1.165) is 4.70 Å². The van der Waals surface area contributed by atoms with E-state index in [-0.39, 0.29) is 18.3 Å². The van der Waals surface area contributed by atoms with Gasteiger partial charge in [0.2, 0.25) is 5.91 Å². The maximum atomic E-state index is 12.1. The summed E-state index contributed by atoms with van der Waals surface area (Å²) in [4.78, 5) is 20.3. The number of ether oxygens (including phenoxy) is 1. The molecule has 0 unspecified atom stereocenters. The van der Waals surface area contributed by atoms with Crippen molar-refractivity contribution in [2.45, 2.75) is 0 Å². The molecular formula is C24H18N4O3S. The van der Waals surface area contributed by atoms with Gasteiger partial charge in [-0.15, -0.1) is 0 Å². The SMILES string of the molecule is Nc1nc2c(O)cc(C#CCOc3cccc(NC(=O)/C=C/c4ccccn4)c3)cc2s1. The fraction of sp³-hybridized carbons (Fsp3) is 0.0417. The predicted octanol–water partition coefficient (Wildman–Crippen LogP) is 4.06. The molecule has 4 N–H and O–H groups in total. The molecule has 0 aliphatic rings. The minimum atomic E-state index is -0.272. The van der Waals surface area contributed by atoms with Gasteiger partial charge in [0, 0.05) is 29.6 Å². The number of carbonyl (C=O) groups excluding carboxylic acids is 1. The second-order valence-corrected chi connectivity index (χ2v) is 7.65. The minimum Gasteiger partial charge on any atom is -0.506 e. The zero-order valence-corrected chi connectivity index (χ0v) is 17.6. The molecule has 2 aromatic carbocycles. The number of hydrogen-bond donors (Lipinski definition) is 3. The zero-order valence-electron chi connectivity index (χ0n) is 16.8. The van der Waals surface area contributed by atoms with Gasteiger partial charge in [0.15, 0.2) is 5.13 Å². The van der Waals surface area contributed by atoms with Crippen molar-refractivity contribution in [3.8, 4) is 23.3 Å². The quantitative estimate of drug-likeness (QED) is 0.318. The Hall–Kier alpha value is -4.35. The van der Waals surface area contributed by atoms with Crippen LogP contribution >= 0.6 is 11.3 Å². The van der Waals surface area contributed by atoms with Crippen molar-refractivity contribution in [1.29, 1.82) is 0 Å². The molecule has 0 fully saturated rings. The molecule has 2 aromatic heterocycles. The lowest BCUT2D eigenvalue weighted by atomic mass is 10.2. The van der Waals surface area contributed by atoms with Gasteiger partial charge >= 0.3 is 0 Å². The number of aromatic nitrogens is 2. The van der Waals surface area contributed by atoms with Gasteiger partial charge in [0.25, 0.3) is 0 Å². The molecular weight excluding hydrogens is 424 g/mol. The normalized spacial score (nSPS) is 10.6. The number of pyridine rings is 1. The van der Waals surface area contributed by atoms with Crippen molar-refractivity contribution >= 4 is 44.4 Å². The van der Waals surface area contributed by atoms with Gasteiger partial charge in [-0.05, 0) is 42.5 Å². The van der Waals surface area contributed by atoms with Crippen LogP contribution in [0.3, 0.4) is 0 Å². The van der Waals surface area contributed by atoms with Crippen LogP contribution in [-0.4, -0.2) is 27.6 Å². The van der Waals surface area contributed by atoms with Crippen molar-refractivity contribution in [1.82, 2.24) is 9.97 Å². The number of benzene rings is 2. The minimum absolute atomic E-state index is 0.0428. The van der Waals surface area contributed by atoms with E-state index in [9.17, 15) is 9.90 Å². The number of phenols is 1. The molecule has 7 nitrogen and oxygen atoms in total. The third-order valence-corrected chi connectivity index (χ3v) is 5.06. The molecule has 0 radical (unpaired) electrons. The number of phenolic OH excluding ortho intramolecular Hbond substituents is 1. The summed E-state index contributed by atoms with van der Waals surface area (Å²) < 4.78 is 6.43. The number of nitrogen functional groups attached to an aromatic ring is 1. The van der Waals surface area contributed by atoms with Crippen LogP contribution < -0.4 is 15.8 Å². The average molecular weight is 443 g/mol. The number of hydrogen-bond acceptors (Lipinski definition) is 7. The first-order valence-electron chi connectivity index (χ1n) is 9.58. The first-order valence-corrected chi connectivity index (χ1v) is 10.4. The molecule has 0 spiro atoms. The predicted molar refractivity (Wildman–Crippen MR) is 126 cm³/mol. The maximum Gasteiger partial charge on any atom is 0.248 e. The van der Waals surface area contributed by atoms with Crippen LogP contribution in [-0.2, 0) is 4.79 Å². The van der Waals surface area contributed by atoms with E-state index >= 15 is 0 Å². The molecule has 8 heteroatoms. The van der Waals surface area contributed by atoms with Crippen LogP contribution in [0.25, 0.3) is 16.3 Å². The van der Waals surface area contributed by atoms with Crippen molar-refractivity contribution in [3.63, 3.8) is 0 Å². The lowest BCUT2D eigenvalue weighted by Crippen LogP contribution is -2.07. The molecule has 0 saturated carbocycles. The number of aromatic hydroxyl groups is 1. The average Bonchev–Trinajstić information content (AvgIpc) is 3.17. The highest BCUT2D eigenvalue weighted by Gasteiger charge is 2.07. The number of nitrogens with zero attached hydrogens (tertiary/aromatic N) is 2. The second-order valence-electron chi connectivity index (χ2n) is 6.59. The van der Waals surface area contributed by atoms with Gasteiger partial charge in [-0.3, -0.25) is 9.78 Å². The van der Waals surface area contributed by atoms with Crippen molar-refractivity contribution in [2.24, 2.45) is 0 Å². The van der Waals surface area contributed by atoms with E-state index in [1.165, 1.54) is 17.4 Å². The molecule has 4 rings (SSSR count). The van der Waals surface area contributed by atoms with Crippen LogP contribution in [0, 0.1) is 11.8 Å². The first kappa shape index (κ1) is 20.9. The topological polar surface area (TPSA) is 110 Å². The summed E-state index contributed by atoms with van der Waals surface area (Å²) in [6, 6.07) is 15.9. The number of nitrogens with one attached hydrogen (secondary N) is 1. The van der Waals surface area contributed by atoms with Crippen molar-refractivity contribution in [2.75, 3.05) is 17.7 Å². The van der Waals surface area contributed by atoms with Gasteiger partial charge in [-0.1, -0.05) is 35.3 Å². The largest absolute Gasteiger partial charge is 0.506 e. The lowest BCUT2D eigenvalue weighted by Gasteiger charge is -2.06. The molecule has 0 atom stereocenters. The van der Waals surface area contributed by atoms with Crippen molar-refractivity contribution < 1.29 is 14.6 Å². The molecule has 0 saturated heterocycles. The summed E-state index contributed by atoms with van der Waals surface area (Å²) in [6.07, 6.45) is 4.73. The van der Waals surface area contributed by atoms with E-state index in [2.05, 4.69) is 27.1 Å². The highest BCUT2D eigenvalue weighted by Crippen LogP contribution is 2.31. The molecule has 4 aromatic rings. The first-order chi connectivity index (χ1) is 15.6. The van der Waals surface area contributed by atoms with E-state index in [4.69, 9.17) is 10.5 Å². The van der Waals surface area contributed by atoms with Crippen LogP contribution in [0.15, 0.2) is 66.9 Å². The second kappa shape index (κ2) is 9.64. The fourth-order valence-electron chi connectivity index (χ4n) is 2.84. The summed E-state index contributed by atoms with van der Waals surface area (Å²) in [5.41, 5.74) is 8.11. The monoisotopic (exact) mass is 442 g/mol. The number of carbonyl (C=O) groups is 1. The summed E-state index contributed by atoms with van der Waals surface area (Å²) in [5.74, 6) is 6.21. The number of rotatable bonds is 5. The Morgan fingerprint density at radius 3 is 2.97 bits per heavy atom. The third kappa shape index (κ3) is 5.41. The Kier molecular flexibility index (Phi) is 6.30. The Labute approximate surface area is 188 Å². The fourth-order valence-corrected chi connectivity index (χ4v) is 3.64. The number of anilines is 2. The Bertz CT molecular complexity index is 1350. The number of fused-ring (bicyclic) bond motifs is 1. The molecule has 2 heterocycles. The molecule has 32 heavy (non-hydrogen) atoms. The maximum absolute atomic E-state index is 12.1. The van der Waals surface area contributed by atoms with Crippen molar-refractivity contribution in [3.05, 3.63) is 78.1 Å². The van der Waals surface area contributed by atoms with Gasteiger partial charge < -0.3 is 20.9 Å². The number of amides is 1. The van der Waals surface area contributed by atoms with E-state index in [0.29, 0.717) is 33.3 Å². The smallest absolute Gasteiger partial charge is 0.248 e. The molecule has 158 valence electrons. The van der Waals surface area contributed by atoms with Crippen LogP contribution in [0.4, 0.5) is 10.8 Å². The van der Waals surface area contributed by atoms with Gasteiger partial charge in [-0.25, -0.2) is 4.98 Å². The highest BCUT2D eigenvalue weighted by molar-refractivity contribution is 7.22. The summed E-state index contributed by atoms with van der Waals surface area (Å²) in [5, 5.41) is 13.2. The van der Waals surface area contributed by atoms with E-state index < -0.39 is 0 Å².